The average Bonchev–Trinajstić information content (AvgIpc) is 2.26. The lowest BCUT2D eigenvalue weighted by Gasteiger charge is -2.08. The van der Waals surface area contributed by atoms with Gasteiger partial charge in [0.15, 0.2) is 5.75 Å². The topological polar surface area (TPSA) is 107 Å². The monoisotopic (exact) mass is 239 g/mol. The first-order chi connectivity index (χ1) is 8.04. The standard InChI is InChI=1S/C10H13N3O4/c1-2-17-9-5-7(12-6-10(11)14)3-4-8(9)13(15)16/h3-5,12H,2,6H2,1H3,(H2,11,14). The van der Waals surface area contributed by atoms with Crippen LogP contribution in [0.3, 0.4) is 0 Å². The number of nitrogens with zero attached hydrogens (tertiary/aromatic N) is 1. The van der Waals surface area contributed by atoms with Crippen molar-refractivity contribution in [1.82, 2.24) is 0 Å². The van der Waals surface area contributed by atoms with Gasteiger partial charge < -0.3 is 15.8 Å². The van der Waals surface area contributed by atoms with Crippen molar-refractivity contribution in [1.29, 1.82) is 0 Å². The van der Waals surface area contributed by atoms with Crippen molar-refractivity contribution in [3.05, 3.63) is 28.3 Å². The second-order valence-electron chi connectivity index (χ2n) is 3.19. The molecule has 0 aliphatic heterocycles. The molecule has 0 aliphatic rings. The highest BCUT2D eigenvalue weighted by molar-refractivity contribution is 5.79. The van der Waals surface area contributed by atoms with E-state index in [4.69, 9.17) is 10.5 Å². The Morgan fingerprint density at radius 3 is 2.82 bits per heavy atom. The fraction of sp³-hybridized carbons (Fsp3) is 0.300. The number of anilines is 1. The van der Waals surface area contributed by atoms with Gasteiger partial charge in [-0.05, 0) is 13.0 Å². The van der Waals surface area contributed by atoms with Crippen LogP contribution in [0.5, 0.6) is 5.75 Å². The Morgan fingerprint density at radius 2 is 2.29 bits per heavy atom. The molecule has 0 fully saturated rings. The highest BCUT2D eigenvalue weighted by atomic mass is 16.6. The Labute approximate surface area is 97.7 Å². The predicted octanol–water partition coefficient (Wildman–Crippen LogP) is 0.891. The van der Waals surface area contributed by atoms with Crippen molar-refractivity contribution >= 4 is 17.3 Å². The molecule has 0 radical (unpaired) electrons. The molecule has 0 spiro atoms. The molecule has 0 heterocycles. The molecule has 0 aromatic heterocycles. The molecule has 1 amide bonds. The van der Waals surface area contributed by atoms with Crippen LogP contribution < -0.4 is 15.8 Å². The summed E-state index contributed by atoms with van der Waals surface area (Å²) in [6.45, 7) is 2.01. The SMILES string of the molecule is CCOc1cc(NCC(N)=O)ccc1[N+](=O)[O-]. The third-order valence-corrected chi connectivity index (χ3v) is 1.92. The number of ether oxygens (including phenoxy) is 1. The van der Waals surface area contributed by atoms with E-state index in [2.05, 4.69) is 5.32 Å². The number of nitrogens with one attached hydrogen (secondary N) is 1. The summed E-state index contributed by atoms with van der Waals surface area (Å²) in [5.41, 5.74) is 5.40. The minimum absolute atomic E-state index is 0.0383. The van der Waals surface area contributed by atoms with Gasteiger partial charge in [-0.2, -0.15) is 0 Å². The molecule has 0 aliphatic carbocycles. The van der Waals surface area contributed by atoms with Crippen LogP contribution in [-0.2, 0) is 4.79 Å². The van der Waals surface area contributed by atoms with Gasteiger partial charge in [-0.25, -0.2) is 0 Å². The van der Waals surface area contributed by atoms with Crippen LogP contribution in [0.2, 0.25) is 0 Å². The smallest absolute Gasteiger partial charge is 0.311 e. The zero-order chi connectivity index (χ0) is 12.8. The second kappa shape index (κ2) is 5.69. The van der Waals surface area contributed by atoms with Gasteiger partial charge in [0.25, 0.3) is 0 Å². The van der Waals surface area contributed by atoms with Crippen molar-refractivity contribution in [3.8, 4) is 5.75 Å². The summed E-state index contributed by atoms with van der Waals surface area (Å²) in [4.78, 5) is 20.8. The third kappa shape index (κ3) is 3.63. The van der Waals surface area contributed by atoms with Gasteiger partial charge in [-0.15, -0.1) is 0 Å². The highest BCUT2D eigenvalue weighted by Crippen LogP contribution is 2.29. The van der Waals surface area contributed by atoms with E-state index in [1.165, 1.54) is 18.2 Å². The van der Waals surface area contributed by atoms with Gasteiger partial charge in [-0.3, -0.25) is 14.9 Å². The predicted molar refractivity (Wildman–Crippen MR) is 61.9 cm³/mol. The fourth-order valence-corrected chi connectivity index (χ4v) is 1.24. The van der Waals surface area contributed by atoms with E-state index in [-0.39, 0.29) is 18.0 Å². The Hall–Kier alpha value is -2.31. The molecule has 0 saturated heterocycles. The number of rotatable bonds is 6. The van der Waals surface area contributed by atoms with E-state index in [0.29, 0.717) is 12.3 Å². The maximum Gasteiger partial charge on any atom is 0.311 e. The van der Waals surface area contributed by atoms with Gasteiger partial charge in [0.1, 0.15) is 0 Å². The highest BCUT2D eigenvalue weighted by Gasteiger charge is 2.15. The first-order valence-electron chi connectivity index (χ1n) is 4.98. The van der Waals surface area contributed by atoms with Gasteiger partial charge in [0.2, 0.25) is 5.91 Å². The first-order valence-corrected chi connectivity index (χ1v) is 4.98. The number of nitro groups is 1. The van der Waals surface area contributed by atoms with Crippen molar-refractivity contribution in [2.75, 3.05) is 18.5 Å². The number of benzene rings is 1. The van der Waals surface area contributed by atoms with E-state index < -0.39 is 10.8 Å². The molecule has 1 aromatic rings. The van der Waals surface area contributed by atoms with Crippen LogP contribution in [0.15, 0.2) is 18.2 Å². The number of hydrogen-bond donors (Lipinski definition) is 2. The molecule has 0 atom stereocenters. The van der Waals surface area contributed by atoms with Crippen LogP contribution in [-0.4, -0.2) is 24.0 Å². The summed E-state index contributed by atoms with van der Waals surface area (Å²) in [5, 5.41) is 13.4. The fourth-order valence-electron chi connectivity index (χ4n) is 1.24. The maximum atomic E-state index is 10.7. The molecule has 0 saturated carbocycles. The van der Waals surface area contributed by atoms with Crippen LogP contribution in [0.4, 0.5) is 11.4 Å². The minimum atomic E-state index is -0.525. The van der Waals surface area contributed by atoms with Crippen molar-refractivity contribution < 1.29 is 14.5 Å². The molecule has 92 valence electrons. The summed E-state index contributed by atoms with van der Waals surface area (Å²) in [6.07, 6.45) is 0. The average molecular weight is 239 g/mol. The Morgan fingerprint density at radius 1 is 1.59 bits per heavy atom. The van der Waals surface area contributed by atoms with Crippen molar-refractivity contribution in [2.45, 2.75) is 6.92 Å². The molecule has 0 unspecified atom stereocenters. The van der Waals surface area contributed by atoms with Gasteiger partial charge in [0.05, 0.1) is 18.1 Å². The van der Waals surface area contributed by atoms with Crippen LogP contribution in [0.1, 0.15) is 6.92 Å². The van der Waals surface area contributed by atoms with E-state index >= 15 is 0 Å². The van der Waals surface area contributed by atoms with E-state index in [1.54, 1.807) is 6.92 Å². The van der Waals surface area contributed by atoms with Crippen LogP contribution >= 0.6 is 0 Å². The van der Waals surface area contributed by atoms with Crippen LogP contribution in [0, 0.1) is 10.1 Å². The maximum absolute atomic E-state index is 10.7. The van der Waals surface area contributed by atoms with E-state index in [9.17, 15) is 14.9 Å². The Balaban J connectivity index is 2.92. The summed E-state index contributed by atoms with van der Waals surface area (Å²) in [6, 6.07) is 4.27. The Kier molecular flexibility index (Phi) is 4.27. The van der Waals surface area contributed by atoms with Gasteiger partial charge in [0, 0.05) is 17.8 Å². The van der Waals surface area contributed by atoms with E-state index in [0.717, 1.165) is 0 Å². The third-order valence-electron chi connectivity index (χ3n) is 1.92. The van der Waals surface area contributed by atoms with Crippen molar-refractivity contribution in [2.24, 2.45) is 5.73 Å². The number of nitrogens with two attached hydrogens (primary N) is 1. The summed E-state index contributed by atoms with van der Waals surface area (Å²) < 4.78 is 5.15. The lowest BCUT2D eigenvalue weighted by atomic mass is 10.2. The second-order valence-corrected chi connectivity index (χ2v) is 3.19. The summed E-state index contributed by atoms with van der Waals surface area (Å²) in [7, 11) is 0. The zero-order valence-electron chi connectivity index (χ0n) is 9.30. The first kappa shape index (κ1) is 12.8. The number of carbonyl (C=O) groups is 1. The minimum Gasteiger partial charge on any atom is -0.487 e. The molecule has 7 nitrogen and oxygen atoms in total. The molecule has 1 aromatic carbocycles. The number of nitro benzene ring substituents is 1. The molecular weight excluding hydrogens is 226 g/mol. The molecule has 1 rings (SSSR count). The number of carbonyl (C=O) groups excluding carboxylic acids is 1. The van der Waals surface area contributed by atoms with Gasteiger partial charge >= 0.3 is 5.69 Å². The molecule has 0 bridgehead atoms. The summed E-state index contributed by atoms with van der Waals surface area (Å²) in [5.74, 6) is -0.353. The molecular formula is C10H13N3O4. The lowest BCUT2D eigenvalue weighted by molar-refractivity contribution is -0.385. The quantitative estimate of drug-likeness (QED) is 0.566. The largest absolute Gasteiger partial charge is 0.487 e. The number of primary amides is 1. The van der Waals surface area contributed by atoms with E-state index in [1.807, 2.05) is 0 Å². The zero-order valence-corrected chi connectivity index (χ0v) is 9.30. The lowest BCUT2D eigenvalue weighted by Crippen LogP contribution is -2.21. The van der Waals surface area contributed by atoms with Crippen molar-refractivity contribution in [3.63, 3.8) is 0 Å². The summed E-state index contributed by atoms with van der Waals surface area (Å²) >= 11 is 0. The van der Waals surface area contributed by atoms with Crippen LogP contribution in [0.25, 0.3) is 0 Å². The normalized spacial score (nSPS) is 9.71. The molecule has 3 N–H and O–H groups in total. The molecule has 7 heteroatoms. The van der Waals surface area contributed by atoms with Gasteiger partial charge in [-0.1, -0.05) is 0 Å². The Bertz CT molecular complexity index is 434. The number of hydrogen-bond acceptors (Lipinski definition) is 5. The number of amides is 1. The molecule has 17 heavy (non-hydrogen) atoms.